The summed E-state index contributed by atoms with van der Waals surface area (Å²) < 4.78 is 30.7. The first kappa shape index (κ1) is 20.0. The third-order valence-electron chi connectivity index (χ3n) is 4.79. The Bertz CT molecular complexity index is 1010. The maximum absolute atomic E-state index is 13.1. The number of carbonyl (C=O) groups is 1. The van der Waals surface area contributed by atoms with Gasteiger partial charge in [0.2, 0.25) is 5.88 Å². The number of pyridine rings is 1. The summed E-state index contributed by atoms with van der Waals surface area (Å²) >= 11 is 0. The van der Waals surface area contributed by atoms with Crippen molar-refractivity contribution >= 4 is 5.97 Å². The average molecular weight is 409 g/mol. The van der Waals surface area contributed by atoms with Crippen LogP contribution in [0, 0.1) is 5.82 Å². The molecule has 154 valence electrons. The maximum atomic E-state index is 13.1. The van der Waals surface area contributed by atoms with Crippen LogP contribution in [0.4, 0.5) is 4.39 Å². The largest absolute Gasteiger partial charge is 0.478 e. The molecule has 1 saturated heterocycles. The summed E-state index contributed by atoms with van der Waals surface area (Å²) in [5.74, 6) is -0.465. The lowest BCUT2D eigenvalue weighted by molar-refractivity contribution is -0.0623. The van der Waals surface area contributed by atoms with Crippen LogP contribution >= 0.6 is 0 Å². The van der Waals surface area contributed by atoms with Crippen LogP contribution in [0.25, 0.3) is 0 Å². The molecule has 30 heavy (non-hydrogen) atoms. The number of benzene rings is 2. The fourth-order valence-corrected chi connectivity index (χ4v) is 3.19. The topological polar surface area (TPSA) is 77.9 Å². The van der Waals surface area contributed by atoms with E-state index in [-0.39, 0.29) is 17.5 Å². The lowest BCUT2D eigenvalue weighted by atomic mass is 10.1. The first-order chi connectivity index (χ1) is 14.6. The van der Waals surface area contributed by atoms with Gasteiger partial charge in [0.1, 0.15) is 11.6 Å². The standard InChI is InChI=1S/C23H20FNO5/c24-17-8-11-18(12-9-17)29-21-20(2-1-13-25-21)23-28-14-19(30-23)10-5-15-3-6-16(7-4-15)22(26)27/h1-4,6-9,11-13,19,23H,5,10,14H2,(H,26,27). The van der Waals surface area contributed by atoms with E-state index in [0.717, 1.165) is 18.4 Å². The lowest BCUT2D eigenvalue weighted by Gasteiger charge is -2.15. The predicted octanol–water partition coefficient (Wildman–Crippen LogP) is 4.76. The van der Waals surface area contributed by atoms with Gasteiger partial charge in [-0.15, -0.1) is 0 Å². The quantitative estimate of drug-likeness (QED) is 0.606. The van der Waals surface area contributed by atoms with E-state index in [1.54, 1.807) is 24.4 Å². The molecule has 6 nitrogen and oxygen atoms in total. The smallest absolute Gasteiger partial charge is 0.335 e. The number of carboxylic acids is 1. The minimum Gasteiger partial charge on any atom is -0.478 e. The molecule has 2 unspecified atom stereocenters. The predicted molar refractivity (Wildman–Crippen MR) is 106 cm³/mol. The molecule has 0 radical (unpaired) electrons. The molecular weight excluding hydrogens is 389 g/mol. The summed E-state index contributed by atoms with van der Waals surface area (Å²) in [7, 11) is 0. The van der Waals surface area contributed by atoms with Gasteiger partial charge in [-0.3, -0.25) is 0 Å². The number of rotatable bonds is 7. The Morgan fingerprint density at radius 3 is 2.63 bits per heavy atom. The van der Waals surface area contributed by atoms with Crippen LogP contribution in [0.1, 0.15) is 34.2 Å². The highest BCUT2D eigenvalue weighted by Gasteiger charge is 2.30. The van der Waals surface area contributed by atoms with Gasteiger partial charge >= 0.3 is 5.97 Å². The number of aromatic carboxylic acids is 1. The van der Waals surface area contributed by atoms with Crippen LogP contribution in [0.2, 0.25) is 0 Å². The van der Waals surface area contributed by atoms with Gasteiger partial charge in [-0.25, -0.2) is 14.2 Å². The second-order valence-electron chi connectivity index (χ2n) is 6.92. The Morgan fingerprint density at radius 2 is 1.90 bits per heavy atom. The van der Waals surface area contributed by atoms with E-state index in [1.807, 2.05) is 18.2 Å². The molecule has 0 bridgehead atoms. The van der Waals surface area contributed by atoms with Crippen molar-refractivity contribution in [2.45, 2.75) is 25.2 Å². The first-order valence-corrected chi connectivity index (χ1v) is 9.56. The summed E-state index contributed by atoms with van der Waals surface area (Å²) in [6, 6.07) is 16.1. The van der Waals surface area contributed by atoms with Crippen molar-refractivity contribution in [1.82, 2.24) is 4.98 Å². The van der Waals surface area contributed by atoms with E-state index in [4.69, 9.17) is 19.3 Å². The molecule has 3 aromatic rings. The zero-order valence-corrected chi connectivity index (χ0v) is 16.0. The fraction of sp³-hybridized carbons (Fsp3) is 0.217. The molecule has 2 heterocycles. The molecule has 1 N–H and O–H groups in total. The van der Waals surface area contributed by atoms with Crippen molar-refractivity contribution in [2.24, 2.45) is 0 Å². The van der Waals surface area contributed by atoms with Crippen molar-refractivity contribution in [3.8, 4) is 11.6 Å². The molecule has 2 aromatic carbocycles. The van der Waals surface area contributed by atoms with Crippen LogP contribution in [-0.4, -0.2) is 28.8 Å². The van der Waals surface area contributed by atoms with Crippen LogP contribution < -0.4 is 4.74 Å². The third-order valence-corrected chi connectivity index (χ3v) is 4.79. The Labute approximate surface area is 172 Å². The average Bonchev–Trinajstić information content (AvgIpc) is 3.23. The molecular formula is C23H20FNO5. The summed E-state index contributed by atoms with van der Waals surface area (Å²) in [5, 5.41) is 8.97. The van der Waals surface area contributed by atoms with Gasteiger partial charge in [-0.2, -0.15) is 0 Å². The molecule has 7 heteroatoms. The van der Waals surface area contributed by atoms with Crippen LogP contribution in [-0.2, 0) is 15.9 Å². The SMILES string of the molecule is O=C(O)c1ccc(CCC2COC(c3cccnc3Oc3ccc(F)cc3)O2)cc1. The molecule has 2 atom stereocenters. The van der Waals surface area contributed by atoms with Crippen molar-refractivity contribution in [2.75, 3.05) is 6.61 Å². The Morgan fingerprint density at radius 1 is 1.13 bits per heavy atom. The number of carboxylic acid groups (broad SMARTS) is 1. The Kier molecular flexibility index (Phi) is 6.02. The highest BCUT2D eigenvalue weighted by atomic mass is 19.1. The van der Waals surface area contributed by atoms with Crippen LogP contribution in [0.15, 0.2) is 66.9 Å². The molecule has 4 rings (SSSR count). The maximum Gasteiger partial charge on any atom is 0.335 e. The number of hydrogen-bond donors (Lipinski definition) is 1. The molecule has 1 fully saturated rings. The highest BCUT2D eigenvalue weighted by Crippen LogP contribution is 2.35. The van der Waals surface area contributed by atoms with Gasteiger partial charge in [0.25, 0.3) is 0 Å². The molecule has 0 saturated carbocycles. The minimum atomic E-state index is -0.938. The number of hydrogen-bond acceptors (Lipinski definition) is 5. The second kappa shape index (κ2) is 9.02. The van der Waals surface area contributed by atoms with Gasteiger partial charge < -0.3 is 19.3 Å². The van der Waals surface area contributed by atoms with Crippen molar-refractivity contribution < 1.29 is 28.5 Å². The number of nitrogens with zero attached hydrogens (tertiary/aromatic N) is 1. The van der Waals surface area contributed by atoms with Crippen molar-refractivity contribution in [3.63, 3.8) is 0 Å². The summed E-state index contributed by atoms with van der Waals surface area (Å²) in [4.78, 5) is 15.2. The summed E-state index contributed by atoms with van der Waals surface area (Å²) in [6.07, 6.45) is 2.38. The molecule has 1 aliphatic rings. The highest BCUT2D eigenvalue weighted by molar-refractivity contribution is 5.87. The summed E-state index contributed by atoms with van der Waals surface area (Å²) in [6.45, 7) is 0.433. The van der Waals surface area contributed by atoms with Crippen LogP contribution in [0.3, 0.4) is 0 Å². The van der Waals surface area contributed by atoms with Gasteiger partial charge in [-0.05, 0) is 66.9 Å². The molecule has 0 spiro atoms. The monoisotopic (exact) mass is 409 g/mol. The van der Waals surface area contributed by atoms with Crippen LogP contribution in [0.5, 0.6) is 11.6 Å². The third kappa shape index (κ3) is 4.82. The van der Waals surface area contributed by atoms with E-state index in [9.17, 15) is 9.18 Å². The number of aryl methyl sites for hydroxylation is 1. The number of ether oxygens (including phenoxy) is 3. The van der Waals surface area contributed by atoms with E-state index in [2.05, 4.69) is 4.98 Å². The molecule has 1 aliphatic heterocycles. The zero-order chi connectivity index (χ0) is 20.9. The lowest BCUT2D eigenvalue weighted by Crippen LogP contribution is -2.11. The van der Waals surface area contributed by atoms with E-state index < -0.39 is 12.3 Å². The van der Waals surface area contributed by atoms with E-state index >= 15 is 0 Å². The minimum absolute atomic E-state index is 0.104. The summed E-state index contributed by atoms with van der Waals surface area (Å²) in [5.41, 5.74) is 1.97. The fourth-order valence-electron chi connectivity index (χ4n) is 3.19. The molecule has 0 amide bonds. The van der Waals surface area contributed by atoms with Gasteiger partial charge in [0.15, 0.2) is 6.29 Å². The van der Waals surface area contributed by atoms with E-state index in [1.165, 1.54) is 24.3 Å². The van der Waals surface area contributed by atoms with Crippen molar-refractivity contribution in [3.05, 3.63) is 89.4 Å². The van der Waals surface area contributed by atoms with Gasteiger partial charge in [-0.1, -0.05) is 12.1 Å². The zero-order valence-electron chi connectivity index (χ0n) is 16.0. The van der Waals surface area contributed by atoms with Gasteiger partial charge in [0, 0.05) is 6.20 Å². The number of aromatic nitrogens is 1. The first-order valence-electron chi connectivity index (χ1n) is 9.56. The van der Waals surface area contributed by atoms with Crippen molar-refractivity contribution in [1.29, 1.82) is 0 Å². The molecule has 0 aliphatic carbocycles. The normalized spacial score (nSPS) is 18.3. The second-order valence-corrected chi connectivity index (χ2v) is 6.92. The Hall–Kier alpha value is -3.29. The van der Waals surface area contributed by atoms with E-state index in [0.29, 0.717) is 23.8 Å². The van der Waals surface area contributed by atoms with Gasteiger partial charge in [0.05, 0.1) is 23.8 Å². The molecule has 1 aromatic heterocycles. The Balaban J connectivity index is 1.37. The number of halogens is 1.